The van der Waals surface area contributed by atoms with Crippen molar-refractivity contribution in [2.24, 2.45) is 17.3 Å². The largest absolute Gasteiger partial charge is 0.463 e. The standard InChI is InChI=1S/C15H30O5/c1-11(2)8-13(15(3,4)5)14(18)20-7-6-19-10-12(17)9-16/h11-13,16-17H,6-10H2,1-5H3. The fourth-order valence-corrected chi connectivity index (χ4v) is 1.85. The van der Waals surface area contributed by atoms with Crippen LogP contribution in [0.25, 0.3) is 0 Å². The van der Waals surface area contributed by atoms with Crippen LogP contribution in [0.15, 0.2) is 0 Å². The van der Waals surface area contributed by atoms with Crippen molar-refractivity contribution in [3.05, 3.63) is 0 Å². The molecule has 0 saturated heterocycles. The average molecular weight is 290 g/mol. The van der Waals surface area contributed by atoms with Gasteiger partial charge >= 0.3 is 5.97 Å². The van der Waals surface area contributed by atoms with Gasteiger partial charge in [0.2, 0.25) is 0 Å². The highest BCUT2D eigenvalue weighted by Gasteiger charge is 2.32. The third kappa shape index (κ3) is 8.51. The van der Waals surface area contributed by atoms with E-state index >= 15 is 0 Å². The summed E-state index contributed by atoms with van der Waals surface area (Å²) in [6.07, 6.45) is -0.0826. The number of aliphatic hydroxyl groups is 2. The Morgan fingerprint density at radius 3 is 2.25 bits per heavy atom. The minimum Gasteiger partial charge on any atom is -0.463 e. The molecule has 0 amide bonds. The molecule has 0 aliphatic heterocycles. The summed E-state index contributed by atoms with van der Waals surface area (Å²) >= 11 is 0. The monoisotopic (exact) mass is 290 g/mol. The molecule has 20 heavy (non-hydrogen) atoms. The molecule has 0 aliphatic carbocycles. The molecule has 0 bridgehead atoms. The molecule has 0 heterocycles. The van der Waals surface area contributed by atoms with Crippen molar-refractivity contribution in [3.63, 3.8) is 0 Å². The maximum atomic E-state index is 12.1. The molecule has 0 radical (unpaired) electrons. The fraction of sp³-hybridized carbons (Fsp3) is 0.933. The maximum Gasteiger partial charge on any atom is 0.309 e. The van der Waals surface area contributed by atoms with Crippen LogP contribution < -0.4 is 0 Å². The van der Waals surface area contributed by atoms with E-state index < -0.39 is 6.10 Å². The molecule has 120 valence electrons. The highest BCUT2D eigenvalue weighted by atomic mass is 16.6. The summed E-state index contributed by atoms with van der Waals surface area (Å²) in [4.78, 5) is 12.1. The Labute approximate surface area is 122 Å². The van der Waals surface area contributed by atoms with Crippen LogP contribution in [0.2, 0.25) is 0 Å². The van der Waals surface area contributed by atoms with Gasteiger partial charge in [0.25, 0.3) is 0 Å². The van der Waals surface area contributed by atoms with E-state index in [0.29, 0.717) is 5.92 Å². The Morgan fingerprint density at radius 1 is 1.20 bits per heavy atom. The van der Waals surface area contributed by atoms with E-state index in [-0.39, 0.29) is 43.7 Å². The average Bonchev–Trinajstić information content (AvgIpc) is 2.33. The number of aliphatic hydroxyl groups excluding tert-OH is 2. The summed E-state index contributed by atoms with van der Waals surface area (Å²) in [6.45, 7) is 10.4. The summed E-state index contributed by atoms with van der Waals surface area (Å²) in [5, 5.41) is 17.7. The summed E-state index contributed by atoms with van der Waals surface area (Å²) < 4.78 is 10.3. The van der Waals surface area contributed by atoms with E-state index in [1.54, 1.807) is 0 Å². The minimum atomic E-state index is -0.881. The van der Waals surface area contributed by atoms with Crippen molar-refractivity contribution in [2.45, 2.75) is 47.1 Å². The Hall–Kier alpha value is -0.650. The maximum absolute atomic E-state index is 12.1. The molecule has 2 N–H and O–H groups in total. The van der Waals surface area contributed by atoms with E-state index in [0.717, 1.165) is 6.42 Å². The fourth-order valence-electron chi connectivity index (χ4n) is 1.85. The first-order chi connectivity index (χ1) is 9.18. The number of carbonyl (C=O) groups excluding carboxylic acids is 1. The van der Waals surface area contributed by atoms with Crippen LogP contribution in [0.3, 0.4) is 0 Å². The molecule has 2 atom stereocenters. The van der Waals surface area contributed by atoms with E-state index in [4.69, 9.17) is 19.7 Å². The zero-order valence-corrected chi connectivity index (χ0v) is 13.4. The lowest BCUT2D eigenvalue weighted by molar-refractivity contribution is -0.155. The predicted octanol–water partition coefficient (Wildman–Crippen LogP) is 1.61. The number of rotatable bonds is 9. The smallest absolute Gasteiger partial charge is 0.309 e. The van der Waals surface area contributed by atoms with Gasteiger partial charge in [-0.2, -0.15) is 0 Å². The van der Waals surface area contributed by atoms with Crippen LogP contribution >= 0.6 is 0 Å². The highest BCUT2D eigenvalue weighted by molar-refractivity contribution is 5.73. The predicted molar refractivity (Wildman–Crippen MR) is 77.3 cm³/mol. The first-order valence-corrected chi connectivity index (χ1v) is 7.21. The quantitative estimate of drug-likeness (QED) is 0.498. The van der Waals surface area contributed by atoms with Crippen LogP contribution in [0, 0.1) is 17.3 Å². The lowest BCUT2D eigenvalue weighted by Gasteiger charge is -2.30. The lowest BCUT2D eigenvalue weighted by Crippen LogP contribution is -2.32. The van der Waals surface area contributed by atoms with Gasteiger partial charge in [-0.05, 0) is 17.8 Å². The summed E-state index contributed by atoms with van der Waals surface area (Å²) in [5.74, 6) is 0.103. The van der Waals surface area contributed by atoms with Crippen molar-refractivity contribution in [1.29, 1.82) is 0 Å². The summed E-state index contributed by atoms with van der Waals surface area (Å²) in [7, 11) is 0. The Balaban J connectivity index is 4.09. The van der Waals surface area contributed by atoms with Gasteiger partial charge in [-0.1, -0.05) is 34.6 Å². The molecule has 0 fully saturated rings. The second-order valence-corrected chi connectivity index (χ2v) is 6.63. The molecule has 5 nitrogen and oxygen atoms in total. The second-order valence-electron chi connectivity index (χ2n) is 6.63. The molecule has 5 heteroatoms. The lowest BCUT2D eigenvalue weighted by atomic mass is 9.76. The van der Waals surface area contributed by atoms with E-state index in [2.05, 4.69) is 13.8 Å². The molecule has 0 saturated carbocycles. The van der Waals surface area contributed by atoms with E-state index in [9.17, 15) is 4.79 Å². The van der Waals surface area contributed by atoms with Crippen molar-refractivity contribution in [2.75, 3.05) is 26.4 Å². The molecular weight excluding hydrogens is 260 g/mol. The van der Waals surface area contributed by atoms with Gasteiger partial charge in [0.15, 0.2) is 0 Å². The van der Waals surface area contributed by atoms with Crippen LogP contribution in [0.4, 0.5) is 0 Å². The van der Waals surface area contributed by atoms with Crippen molar-refractivity contribution >= 4 is 5.97 Å². The molecule has 0 aliphatic rings. The molecule has 2 unspecified atom stereocenters. The molecule has 0 rings (SSSR count). The van der Waals surface area contributed by atoms with Gasteiger partial charge in [0, 0.05) is 0 Å². The molecule has 0 spiro atoms. The van der Waals surface area contributed by atoms with Crippen LogP contribution in [-0.4, -0.2) is 48.7 Å². The zero-order chi connectivity index (χ0) is 15.8. The number of esters is 1. The highest BCUT2D eigenvalue weighted by Crippen LogP contribution is 2.32. The van der Waals surface area contributed by atoms with Crippen molar-refractivity contribution in [1.82, 2.24) is 0 Å². The first-order valence-electron chi connectivity index (χ1n) is 7.21. The van der Waals surface area contributed by atoms with Gasteiger partial charge in [0.1, 0.15) is 12.7 Å². The molecular formula is C15H30O5. The summed E-state index contributed by atoms with van der Waals surface area (Å²) in [5.41, 5.74) is -0.130. The van der Waals surface area contributed by atoms with Crippen molar-refractivity contribution in [3.8, 4) is 0 Å². The SMILES string of the molecule is CC(C)CC(C(=O)OCCOCC(O)CO)C(C)(C)C. The Kier molecular flexibility index (Phi) is 9.01. The number of carbonyl (C=O) groups is 1. The first kappa shape index (κ1) is 19.4. The zero-order valence-electron chi connectivity index (χ0n) is 13.4. The van der Waals surface area contributed by atoms with Gasteiger partial charge in [0.05, 0.1) is 25.7 Å². The Morgan fingerprint density at radius 2 is 1.80 bits per heavy atom. The van der Waals surface area contributed by atoms with Crippen molar-refractivity contribution < 1.29 is 24.5 Å². The third-order valence-electron chi connectivity index (χ3n) is 3.03. The third-order valence-corrected chi connectivity index (χ3v) is 3.03. The topological polar surface area (TPSA) is 76.0 Å². The van der Waals surface area contributed by atoms with Gasteiger partial charge < -0.3 is 19.7 Å². The Bertz CT molecular complexity index is 270. The number of ether oxygens (including phenoxy) is 2. The number of hydrogen-bond acceptors (Lipinski definition) is 5. The van der Waals surface area contributed by atoms with Gasteiger partial charge in [-0.25, -0.2) is 0 Å². The van der Waals surface area contributed by atoms with Crippen LogP contribution in [-0.2, 0) is 14.3 Å². The van der Waals surface area contributed by atoms with Crippen LogP contribution in [0.1, 0.15) is 41.0 Å². The minimum absolute atomic E-state index is 0.0444. The second kappa shape index (κ2) is 9.32. The number of hydrogen-bond donors (Lipinski definition) is 2. The molecule has 0 aromatic carbocycles. The van der Waals surface area contributed by atoms with Crippen LogP contribution in [0.5, 0.6) is 0 Å². The van der Waals surface area contributed by atoms with E-state index in [1.165, 1.54) is 0 Å². The van der Waals surface area contributed by atoms with E-state index in [1.807, 2.05) is 20.8 Å². The normalized spacial score (nSPS) is 15.2. The molecule has 0 aromatic rings. The van der Waals surface area contributed by atoms with Gasteiger partial charge in [-0.3, -0.25) is 4.79 Å². The molecule has 0 aromatic heterocycles. The van der Waals surface area contributed by atoms with Gasteiger partial charge in [-0.15, -0.1) is 0 Å². The summed E-state index contributed by atoms with van der Waals surface area (Å²) in [6, 6.07) is 0.